The van der Waals surface area contributed by atoms with Gasteiger partial charge >= 0.3 is 6.03 Å². The van der Waals surface area contributed by atoms with E-state index in [0.717, 1.165) is 25.9 Å². The molecule has 0 spiro atoms. The summed E-state index contributed by atoms with van der Waals surface area (Å²) in [5.41, 5.74) is 7.18. The lowest BCUT2D eigenvalue weighted by atomic mass is 10.0. The van der Waals surface area contributed by atoms with Gasteiger partial charge in [0.15, 0.2) is 0 Å². The highest BCUT2D eigenvalue weighted by Gasteiger charge is 2.26. The van der Waals surface area contributed by atoms with E-state index in [1.807, 2.05) is 23.1 Å². The molecule has 3 N–H and O–H groups in total. The van der Waals surface area contributed by atoms with E-state index < -0.39 is 0 Å². The van der Waals surface area contributed by atoms with E-state index in [4.69, 9.17) is 5.73 Å². The molecule has 1 saturated heterocycles. The third-order valence-corrected chi connectivity index (χ3v) is 3.71. The van der Waals surface area contributed by atoms with Crippen molar-refractivity contribution in [2.75, 3.05) is 36.9 Å². The predicted octanol–water partition coefficient (Wildman–Crippen LogP) is 1.92. The van der Waals surface area contributed by atoms with Gasteiger partial charge in [-0.15, -0.1) is 0 Å². The van der Waals surface area contributed by atoms with Gasteiger partial charge in [0.2, 0.25) is 0 Å². The molecule has 1 unspecified atom stereocenters. The van der Waals surface area contributed by atoms with Gasteiger partial charge < -0.3 is 15.7 Å². The van der Waals surface area contributed by atoms with Crippen LogP contribution in [0.3, 0.4) is 0 Å². The SMILES string of the molecule is CC1CCCN(C(=O)N(CCO)c2ccccc2N)C1. The minimum absolute atomic E-state index is 0.0662. The van der Waals surface area contributed by atoms with Gasteiger partial charge in [0.1, 0.15) is 0 Å². The molecular formula is C15H23N3O2. The summed E-state index contributed by atoms with van der Waals surface area (Å²) in [5.74, 6) is 0.525. The average molecular weight is 277 g/mol. The zero-order valence-corrected chi connectivity index (χ0v) is 12.0. The average Bonchev–Trinajstić information content (AvgIpc) is 2.45. The summed E-state index contributed by atoms with van der Waals surface area (Å²) >= 11 is 0. The van der Waals surface area contributed by atoms with Crippen LogP contribution in [-0.2, 0) is 0 Å². The topological polar surface area (TPSA) is 69.8 Å². The Morgan fingerprint density at radius 2 is 2.25 bits per heavy atom. The minimum Gasteiger partial charge on any atom is -0.397 e. The summed E-state index contributed by atoms with van der Waals surface area (Å²) in [7, 11) is 0. The van der Waals surface area contributed by atoms with Crippen molar-refractivity contribution in [3.05, 3.63) is 24.3 Å². The molecule has 1 heterocycles. The minimum atomic E-state index is -0.0799. The van der Waals surface area contributed by atoms with Crippen LogP contribution in [0.25, 0.3) is 0 Å². The number of aliphatic hydroxyl groups is 1. The standard InChI is InChI=1S/C15H23N3O2/c1-12-5-4-8-17(11-12)15(20)18(9-10-19)14-7-3-2-6-13(14)16/h2-3,6-7,12,19H,4-5,8-11,16H2,1H3. The molecule has 1 aromatic rings. The van der Waals surface area contributed by atoms with Gasteiger partial charge in [-0.3, -0.25) is 4.90 Å². The van der Waals surface area contributed by atoms with Gasteiger partial charge in [0.25, 0.3) is 0 Å². The van der Waals surface area contributed by atoms with Crippen molar-refractivity contribution < 1.29 is 9.90 Å². The Labute approximate surface area is 120 Å². The molecule has 0 aromatic heterocycles. The first-order valence-electron chi connectivity index (χ1n) is 7.15. The van der Waals surface area contributed by atoms with Gasteiger partial charge in [-0.25, -0.2) is 4.79 Å². The summed E-state index contributed by atoms with van der Waals surface area (Å²) in [6.45, 7) is 3.89. The van der Waals surface area contributed by atoms with Crippen molar-refractivity contribution in [1.29, 1.82) is 0 Å². The first kappa shape index (κ1) is 14.7. The molecule has 1 aliphatic heterocycles. The van der Waals surface area contributed by atoms with Crippen molar-refractivity contribution in [3.63, 3.8) is 0 Å². The third-order valence-electron chi connectivity index (χ3n) is 3.71. The Morgan fingerprint density at radius 3 is 2.90 bits per heavy atom. The zero-order valence-electron chi connectivity index (χ0n) is 12.0. The fourth-order valence-corrected chi connectivity index (χ4v) is 2.69. The van der Waals surface area contributed by atoms with Gasteiger partial charge in [-0.1, -0.05) is 19.1 Å². The van der Waals surface area contributed by atoms with Crippen LogP contribution < -0.4 is 10.6 Å². The van der Waals surface area contributed by atoms with Crippen LogP contribution >= 0.6 is 0 Å². The number of amides is 2. The number of nitrogens with zero attached hydrogens (tertiary/aromatic N) is 2. The molecule has 5 heteroatoms. The van der Waals surface area contributed by atoms with Crippen LogP contribution in [0.2, 0.25) is 0 Å². The number of aliphatic hydroxyl groups excluding tert-OH is 1. The van der Waals surface area contributed by atoms with Gasteiger partial charge in [-0.2, -0.15) is 0 Å². The number of piperidine rings is 1. The molecule has 1 atom stereocenters. The molecule has 2 amide bonds. The number of rotatable bonds is 3. The number of urea groups is 1. The van der Waals surface area contributed by atoms with E-state index >= 15 is 0 Å². The summed E-state index contributed by atoms with van der Waals surface area (Å²) in [6, 6.07) is 7.21. The second-order valence-electron chi connectivity index (χ2n) is 5.41. The number of para-hydroxylation sites is 2. The van der Waals surface area contributed by atoms with Crippen LogP contribution in [0.5, 0.6) is 0 Å². The van der Waals surface area contributed by atoms with Crippen molar-refractivity contribution in [2.45, 2.75) is 19.8 Å². The van der Waals surface area contributed by atoms with E-state index in [2.05, 4.69) is 6.92 Å². The molecule has 5 nitrogen and oxygen atoms in total. The lowest BCUT2D eigenvalue weighted by molar-refractivity contribution is 0.174. The van der Waals surface area contributed by atoms with Crippen LogP contribution in [0.15, 0.2) is 24.3 Å². The van der Waals surface area contributed by atoms with Gasteiger partial charge in [0.05, 0.1) is 24.5 Å². The fourth-order valence-electron chi connectivity index (χ4n) is 2.69. The van der Waals surface area contributed by atoms with Crippen molar-refractivity contribution in [2.24, 2.45) is 5.92 Å². The molecule has 0 saturated carbocycles. The normalized spacial score (nSPS) is 18.9. The first-order chi connectivity index (χ1) is 9.63. The van der Waals surface area contributed by atoms with Crippen LogP contribution in [0, 0.1) is 5.92 Å². The first-order valence-corrected chi connectivity index (χ1v) is 7.15. The van der Waals surface area contributed by atoms with E-state index in [0.29, 0.717) is 17.3 Å². The third kappa shape index (κ3) is 3.22. The Kier molecular flexibility index (Phi) is 4.84. The highest BCUT2D eigenvalue weighted by Crippen LogP contribution is 2.25. The molecule has 1 aliphatic rings. The number of anilines is 2. The summed E-state index contributed by atoms with van der Waals surface area (Å²) in [5, 5.41) is 9.23. The fraction of sp³-hybridized carbons (Fsp3) is 0.533. The number of hydrogen-bond donors (Lipinski definition) is 2. The molecule has 110 valence electrons. The maximum absolute atomic E-state index is 12.7. The van der Waals surface area contributed by atoms with E-state index in [1.165, 1.54) is 0 Å². The molecular weight excluding hydrogens is 254 g/mol. The Balaban J connectivity index is 2.20. The van der Waals surface area contributed by atoms with E-state index in [-0.39, 0.29) is 19.2 Å². The number of nitrogens with two attached hydrogens (primary N) is 1. The number of carbonyl (C=O) groups excluding carboxylic acids is 1. The number of likely N-dealkylation sites (tertiary alicyclic amines) is 1. The molecule has 0 aliphatic carbocycles. The highest BCUT2D eigenvalue weighted by molar-refractivity contribution is 5.95. The number of benzene rings is 1. The van der Waals surface area contributed by atoms with Crippen LogP contribution in [0.1, 0.15) is 19.8 Å². The lowest BCUT2D eigenvalue weighted by Crippen LogP contribution is -2.48. The number of nitrogen functional groups attached to an aromatic ring is 1. The molecule has 1 fully saturated rings. The summed E-state index contributed by atoms with van der Waals surface area (Å²) in [4.78, 5) is 16.1. The maximum atomic E-state index is 12.7. The van der Waals surface area contributed by atoms with Crippen LogP contribution in [0.4, 0.5) is 16.2 Å². The zero-order chi connectivity index (χ0) is 14.5. The molecule has 20 heavy (non-hydrogen) atoms. The second kappa shape index (κ2) is 6.61. The number of carbonyl (C=O) groups is 1. The van der Waals surface area contributed by atoms with Crippen molar-refractivity contribution in [1.82, 2.24) is 4.90 Å². The Morgan fingerprint density at radius 1 is 1.50 bits per heavy atom. The van der Waals surface area contributed by atoms with Gasteiger partial charge in [-0.05, 0) is 30.9 Å². The monoisotopic (exact) mass is 277 g/mol. The summed E-state index contributed by atoms with van der Waals surface area (Å²) < 4.78 is 0. The van der Waals surface area contributed by atoms with Crippen molar-refractivity contribution >= 4 is 17.4 Å². The van der Waals surface area contributed by atoms with E-state index in [1.54, 1.807) is 11.0 Å². The quantitative estimate of drug-likeness (QED) is 0.829. The number of hydrogen-bond acceptors (Lipinski definition) is 3. The highest BCUT2D eigenvalue weighted by atomic mass is 16.3. The predicted molar refractivity (Wildman–Crippen MR) is 80.7 cm³/mol. The lowest BCUT2D eigenvalue weighted by Gasteiger charge is -2.35. The largest absolute Gasteiger partial charge is 0.397 e. The Hall–Kier alpha value is -1.75. The van der Waals surface area contributed by atoms with E-state index in [9.17, 15) is 9.90 Å². The molecule has 0 bridgehead atoms. The molecule has 1 aromatic carbocycles. The smallest absolute Gasteiger partial charge is 0.324 e. The maximum Gasteiger partial charge on any atom is 0.324 e. The summed E-state index contributed by atoms with van der Waals surface area (Å²) in [6.07, 6.45) is 2.20. The van der Waals surface area contributed by atoms with Gasteiger partial charge in [0, 0.05) is 13.1 Å². The second-order valence-corrected chi connectivity index (χ2v) is 5.41. The molecule has 2 rings (SSSR count). The molecule has 0 radical (unpaired) electrons. The van der Waals surface area contributed by atoms with Crippen LogP contribution in [-0.4, -0.2) is 42.3 Å². The van der Waals surface area contributed by atoms with Crippen molar-refractivity contribution in [3.8, 4) is 0 Å². The Bertz CT molecular complexity index is 464.